The molecule has 0 bridgehead atoms. The molecule has 6 heteroatoms. The zero-order chi connectivity index (χ0) is 18.7. The number of para-hydroxylation sites is 1. The Hall–Kier alpha value is -2.79. The molecule has 2 aromatic carbocycles. The average molecular weight is 372 g/mol. The van der Waals surface area contributed by atoms with Crippen molar-refractivity contribution >= 4 is 29.2 Å². The second-order valence-corrected chi connectivity index (χ2v) is 6.37. The zero-order valence-corrected chi connectivity index (χ0v) is 15.0. The Morgan fingerprint density at radius 1 is 1.08 bits per heavy atom. The highest BCUT2D eigenvalue weighted by Gasteiger charge is 2.25. The number of anilines is 1. The molecule has 134 valence electrons. The summed E-state index contributed by atoms with van der Waals surface area (Å²) in [5.74, 6) is -0.716. The number of hydrogen-bond donors (Lipinski definition) is 2. The molecule has 1 aliphatic carbocycles. The molecule has 26 heavy (non-hydrogen) atoms. The van der Waals surface area contributed by atoms with Gasteiger partial charge in [-0.3, -0.25) is 4.79 Å². The van der Waals surface area contributed by atoms with Crippen LogP contribution in [-0.4, -0.2) is 24.1 Å². The molecule has 3 rings (SSSR count). The molecular weight excluding hydrogens is 354 g/mol. The van der Waals surface area contributed by atoms with E-state index in [-0.39, 0.29) is 11.5 Å². The maximum absolute atomic E-state index is 12.4. The molecule has 0 unspecified atom stereocenters. The number of carboxylic acid groups (broad SMARTS) is 1. The third-order valence-electron chi connectivity index (χ3n) is 4.37. The second-order valence-electron chi connectivity index (χ2n) is 5.96. The highest BCUT2D eigenvalue weighted by molar-refractivity contribution is 6.33. The van der Waals surface area contributed by atoms with E-state index < -0.39 is 5.97 Å². The molecule has 0 spiro atoms. The predicted molar refractivity (Wildman–Crippen MR) is 101 cm³/mol. The number of aliphatic carboxylic acids is 1. The van der Waals surface area contributed by atoms with Gasteiger partial charge in [0.25, 0.3) is 5.91 Å². The van der Waals surface area contributed by atoms with Crippen LogP contribution >= 0.6 is 11.6 Å². The number of halogens is 1. The summed E-state index contributed by atoms with van der Waals surface area (Å²) < 4.78 is 5.36. The van der Waals surface area contributed by atoms with E-state index in [1.54, 1.807) is 25.3 Å². The average Bonchev–Trinajstić information content (AvgIpc) is 3.12. The van der Waals surface area contributed by atoms with Crippen molar-refractivity contribution in [2.24, 2.45) is 0 Å². The standard InChI is InChI=1S/C20H18ClNO4/c1-26-18-8-3-2-5-14(18)13-10-9-12(11-17(13)21)22-19(23)15-6-4-7-16(15)20(24)25/h2-3,5,8-11H,4,6-7H2,1H3,(H,22,23)(H,24,25). The molecule has 0 fully saturated rings. The van der Waals surface area contributed by atoms with Gasteiger partial charge >= 0.3 is 5.97 Å². The van der Waals surface area contributed by atoms with Crippen LogP contribution in [0.3, 0.4) is 0 Å². The minimum atomic E-state index is -1.03. The van der Waals surface area contributed by atoms with Gasteiger partial charge in [-0.05, 0) is 37.5 Å². The Bertz CT molecular complexity index is 904. The molecule has 1 amide bonds. The Morgan fingerprint density at radius 3 is 2.50 bits per heavy atom. The summed E-state index contributed by atoms with van der Waals surface area (Å²) in [7, 11) is 1.59. The van der Waals surface area contributed by atoms with E-state index in [0.29, 0.717) is 41.3 Å². The maximum Gasteiger partial charge on any atom is 0.332 e. The fraction of sp³-hybridized carbons (Fsp3) is 0.200. The van der Waals surface area contributed by atoms with E-state index in [9.17, 15) is 14.7 Å². The molecule has 2 aromatic rings. The lowest BCUT2D eigenvalue weighted by Crippen LogP contribution is -2.16. The van der Waals surface area contributed by atoms with Crippen molar-refractivity contribution in [2.75, 3.05) is 12.4 Å². The smallest absolute Gasteiger partial charge is 0.332 e. The van der Waals surface area contributed by atoms with Gasteiger partial charge in [-0.1, -0.05) is 35.9 Å². The van der Waals surface area contributed by atoms with E-state index in [1.165, 1.54) is 0 Å². The first-order valence-electron chi connectivity index (χ1n) is 8.21. The van der Waals surface area contributed by atoms with Gasteiger partial charge < -0.3 is 15.2 Å². The van der Waals surface area contributed by atoms with E-state index in [0.717, 1.165) is 11.1 Å². The summed E-state index contributed by atoms with van der Waals surface area (Å²) in [6.07, 6.45) is 1.57. The Kier molecular flexibility index (Phi) is 5.28. The molecule has 0 atom stereocenters. The second kappa shape index (κ2) is 7.62. The minimum absolute atomic E-state index is 0.194. The van der Waals surface area contributed by atoms with Gasteiger partial charge in [0.05, 0.1) is 12.1 Å². The molecule has 0 radical (unpaired) electrons. The summed E-state index contributed by atoms with van der Waals surface area (Å²) in [4.78, 5) is 23.6. The van der Waals surface area contributed by atoms with E-state index >= 15 is 0 Å². The number of ether oxygens (including phenoxy) is 1. The van der Waals surface area contributed by atoms with Gasteiger partial charge in [0.15, 0.2) is 0 Å². The molecule has 5 nitrogen and oxygen atoms in total. The van der Waals surface area contributed by atoms with Crippen molar-refractivity contribution in [2.45, 2.75) is 19.3 Å². The summed E-state index contributed by atoms with van der Waals surface area (Å²) in [6.45, 7) is 0. The monoisotopic (exact) mass is 371 g/mol. The first-order chi connectivity index (χ1) is 12.5. The molecule has 0 aromatic heterocycles. The van der Waals surface area contributed by atoms with Gasteiger partial charge in [0.1, 0.15) is 5.75 Å². The van der Waals surface area contributed by atoms with Crippen molar-refractivity contribution in [3.8, 4) is 16.9 Å². The highest BCUT2D eigenvalue weighted by Crippen LogP contribution is 2.36. The van der Waals surface area contributed by atoms with Crippen molar-refractivity contribution in [3.05, 3.63) is 58.6 Å². The third-order valence-corrected chi connectivity index (χ3v) is 4.69. The SMILES string of the molecule is COc1ccccc1-c1ccc(NC(=O)C2=C(C(=O)O)CCC2)cc1Cl. The number of carbonyl (C=O) groups excluding carboxylic acids is 1. The van der Waals surface area contributed by atoms with Crippen molar-refractivity contribution in [3.63, 3.8) is 0 Å². The molecule has 2 N–H and O–H groups in total. The first-order valence-corrected chi connectivity index (χ1v) is 8.58. The maximum atomic E-state index is 12.4. The van der Waals surface area contributed by atoms with E-state index in [2.05, 4.69) is 5.32 Å². The number of amides is 1. The van der Waals surface area contributed by atoms with Crippen LogP contribution in [0, 0.1) is 0 Å². The van der Waals surface area contributed by atoms with Gasteiger partial charge in [0, 0.05) is 28.0 Å². The molecule has 0 heterocycles. The molecular formula is C20H18ClNO4. The fourth-order valence-electron chi connectivity index (χ4n) is 3.12. The molecule has 0 saturated heterocycles. The van der Waals surface area contributed by atoms with Crippen LogP contribution in [0.15, 0.2) is 53.6 Å². The Balaban J connectivity index is 1.85. The summed E-state index contributed by atoms with van der Waals surface area (Å²) >= 11 is 6.40. The first kappa shape index (κ1) is 18.0. The summed E-state index contributed by atoms with van der Waals surface area (Å²) in [6, 6.07) is 12.7. The largest absolute Gasteiger partial charge is 0.496 e. The number of benzene rings is 2. The molecule has 0 saturated carbocycles. The van der Waals surface area contributed by atoms with Gasteiger partial charge in [-0.25, -0.2) is 4.79 Å². The van der Waals surface area contributed by atoms with Crippen molar-refractivity contribution in [1.82, 2.24) is 0 Å². The zero-order valence-electron chi connectivity index (χ0n) is 14.2. The Labute approximate surface area is 156 Å². The van der Waals surface area contributed by atoms with Crippen LogP contribution in [0.2, 0.25) is 5.02 Å². The topological polar surface area (TPSA) is 75.6 Å². The van der Waals surface area contributed by atoms with Crippen LogP contribution in [0.1, 0.15) is 19.3 Å². The van der Waals surface area contributed by atoms with Crippen LogP contribution < -0.4 is 10.1 Å². The lowest BCUT2D eigenvalue weighted by Gasteiger charge is -2.12. The molecule has 0 aliphatic heterocycles. The number of methoxy groups -OCH3 is 1. The van der Waals surface area contributed by atoms with Crippen LogP contribution in [0.25, 0.3) is 11.1 Å². The minimum Gasteiger partial charge on any atom is -0.496 e. The van der Waals surface area contributed by atoms with Crippen LogP contribution in [0.4, 0.5) is 5.69 Å². The van der Waals surface area contributed by atoms with Gasteiger partial charge in [-0.15, -0.1) is 0 Å². The third kappa shape index (κ3) is 3.58. The summed E-state index contributed by atoms with van der Waals surface area (Å²) in [5.41, 5.74) is 2.68. The van der Waals surface area contributed by atoms with Crippen molar-refractivity contribution < 1.29 is 19.4 Å². The van der Waals surface area contributed by atoms with Crippen LogP contribution in [-0.2, 0) is 9.59 Å². The predicted octanol–water partition coefficient (Wildman–Crippen LogP) is 4.52. The number of hydrogen-bond acceptors (Lipinski definition) is 3. The van der Waals surface area contributed by atoms with E-state index in [1.807, 2.05) is 24.3 Å². The fourth-order valence-corrected chi connectivity index (χ4v) is 3.40. The lowest BCUT2D eigenvalue weighted by atomic mass is 10.0. The number of rotatable bonds is 5. The number of carboxylic acids is 1. The molecule has 1 aliphatic rings. The lowest BCUT2D eigenvalue weighted by molar-refractivity contribution is -0.133. The number of nitrogens with one attached hydrogen (secondary N) is 1. The van der Waals surface area contributed by atoms with Gasteiger partial charge in [-0.2, -0.15) is 0 Å². The number of carbonyl (C=O) groups is 2. The summed E-state index contributed by atoms with van der Waals surface area (Å²) in [5, 5.41) is 12.4. The van der Waals surface area contributed by atoms with Crippen LogP contribution in [0.5, 0.6) is 5.75 Å². The normalized spacial score (nSPS) is 13.6. The van der Waals surface area contributed by atoms with Crippen molar-refractivity contribution in [1.29, 1.82) is 0 Å². The Morgan fingerprint density at radius 2 is 1.81 bits per heavy atom. The van der Waals surface area contributed by atoms with Gasteiger partial charge in [0.2, 0.25) is 0 Å². The van der Waals surface area contributed by atoms with E-state index in [4.69, 9.17) is 16.3 Å². The highest BCUT2D eigenvalue weighted by atomic mass is 35.5. The quantitative estimate of drug-likeness (QED) is 0.810.